The fraction of sp³-hybridized carbons (Fsp3) is 0.222. The standard InChI is InChI=1S/C9H8ClFO4S/c10-6-1-2-7(11)8(5-6)16(14,15)4-3-9(12)13/h1-2,5H,3-4H2,(H,12,13). The number of hydrogen-bond acceptors (Lipinski definition) is 3. The molecule has 1 rings (SSSR count). The van der Waals surface area contributed by atoms with Gasteiger partial charge in [-0.25, -0.2) is 12.8 Å². The van der Waals surface area contributed by atoms with Gasteiger partial charge in [-0.15, -0.1) is 0 Å². The highest BCUT2D eigenvalue weighted by Gasteiger charge is 2.20. The van der Waals surface area contributed by atoms with Crippen LogP contribution in [0.2, 0.25) is 5.02 Å². The number of aliphatic carboxylic acids is 1. The molecule has 88 valence electrons. The molecule has 0 aliphatic carbocycles. The van der Waals surface area contributed by atoms with E-state index < -0.39 is 38.7 Å². The van der Waals surface area contributed by atoms with Crippen molar-refractivity contribution in [1.82, 2.24) is 0 Å². The number of carboxylic acids is 1. The third-order valence-electron chi connectivity index (χ3n) is 1.81. The number of carboxylic acid groups (broad SMARTS) is 1. The summed E-state index contributed by atoms with van der Waals surface area (Å²) in [6.07, 6.45) is -0.575. The van der Waals surface area contributed by atoms with Crippen LogP contribution in [0.4, 0.5) is 4.39 Å². The molecule has 1 aromatic rings. The van der Waals surface area contributed by atoms with Gasteiger partial charge >= 0.3 is 5.97 Å². The number of rotatable bonds is 4. The van der Waals surface area contributed by atoms with Crippen LogP contribution in [-0.2, 0) is 14.6 Å². The van der Waals surface area contributed by atoms with Crippen LogP contribution in [0, 0.1) is 5.82 Å². The molecule has 0 spiro atoms. The molecule has 0 aromatic heterocycles. The zero-order valence-corrected chi connectivity index (χ0v) is 9.55. The normalized spacial score (nSPS) is 11.4. The van der Waals surface area contributed by atoms with E-state index in [1.807, 2.05) is 0 Å². The summed E-state index contributed by atoms with van der Waals surface area (Å²) in [4.78, 5) is 9.68. The van der Waals surface area contributed by atoms with Crippen molar-refractivity contribution in [3.63, 3.8) is 0 Å². The van der Waals surface area contributed by atoms with Gasteiger partial charge in [0, 0.05) is 5.02 Å². The Morgan fingerprint density at radius 2 is 2.06 bits per heavy atom. The topological polar surface area (TPSA) is 71.4 Å². The minimum atomic E-state index is -3.95. The van der Waals surface area contributed by atoms with E-state index in [1.54, 1.807) is 0 Å². The van der Waals surface area contributed by atoms with Crippen LogP contribution in [0.5, 0.6) is 0 Å². The Balaban J connectivity index is 3.07. The van der Waals surface area contributed by atoms with Gasteiger partial charge in [0.15, 0.2) is 9.84 Å². The lowest BCUT2D eigenvalue weighted by molar-refractivity contribution is -0.136. The van der Waals surface area contributed by atoms with Crippen molar-refractivity contribution >= 4 is 27.4 Å². The quantitative estimate of drug-likeness (QED) is 0.901. The largest absolute Gasteiger partial charge is 0.481 e. The third kappa shape index (κ3) is 3.18. The summed E-state index contributed by atoms with van der Waals surface area (Å²) < 4.78 is 36.3. The Kier molecular flexibility index (Phi) is 3.88. The highest BCUT2D eigenvalue weighted by molar-refractivity contribution is 7.91. The zero-order chi connectivity index (χ0) is 12.3. The number of hydrogen-bond donors (Lipinski definition) is 1. The van der Waals surface area contributed by atoms with Crippen LogP contribution in [-0.4, -0.2) is 25.2 Å². The number of halogens is 2. The number of benzene rings is 1. The van der Waals surface area contributed by atoms with Gasteiger partial charge in [-0.05, 0) is 18.2 Å². The first-order valence-corrected chi connectivity index (χ1v) is 6.25. The molecular weight excluding hydrogens is 259 g/mol. The molecular formula is C9H8ClFO4S. The van der Waals surface area contributed by atoms with E-state index >= 15 is 0 Å². The number of sulfone groups is 1. The maximum atomic E-state index is 13.2. The first-order valence-electron chi connectivity index (χ1n) is 4.22. The molecule has 7 heteroatoms. The SMILES string of the molecule is O=C(O)CCS(=O)(=O)c1cc(Cl)ccc1F. The lowest BCUT2D eigenvalue weighted by Gasteiger charge is -2.04. The van der Waals surface area contributed by atoms with Gasteiger partial charge in [0.1, 0.15) is 10.7 Å². The fourth-order valence-corrected chi connectivity index (χ4v) is 2.62. The third-order valence-corrected chi connectivity index (χ3v) is 3.77. The monoisotopic (exact) mass is 266 g/mol. The van der Waals surface area contributed by atoms with Crippen molar-refractivity contribution in [2.24, 2.45) is 0 Å². The van der Waals surface area contributed by atoms with E-state index in [2.05, 4.69) is 0 Å². The molecule has 0 atom stereocenters. The van der Waals surface area contributed by atoms with E-state index in [0.717, 1.165) is 12.1 Å². The van der Waals surface area contributed by atoms with E-state index in [4.69, 9.17) is 16.7 Å². The van der Waals surface area contributed by atoms with Crippen molar-refractivity contribution in [2.45, 2.75) is 11.3 Å². The van der Waals surface area contributed by atoms with Gasteiger partial charge in [-0.2, -0.15) is 0 Å². The van der Waals surface area contributed by atoms with Crippen molar-refractivity contribution in [2.75, 3.05) is 5.75 Å². The molecule has 4 nitrogen and oxygen atoms in total. The molecule has 1 aromatic carbocycles. The summed E-state index contributed by atoms with van der Waals surface area (Å²) in [5.74, 6) is -2.85. The highest BCUT2D eigenvalue weighted by Crippen LogP contribution is 2.21. The fourth-order valence-electron chi connectivity index (χ4n) is 1.05. The van der Waals surface area contributed by atoms with Crippen molar-refractivity contribution in [3.05, 3.63) is 29.0 Å². The minimum Gasteiger partial charge on any atom is -0.481 e. The highest BCUT2D eigenvalue weighted by atomic mass is 35.5. The number of carbonyl (C=O) groups is 1. The minimum absolute atomic E-state index is 0.0790. The van der Waals surface area contributed by atoms with E-state index in [9.17, 15) is 17.6 Å². The Morgan fingerprint density at radius 3 is 2.62 bits per heavy atom. The second kappa shape index (κ2) is 4.80. The molecule has 0 fully saturated rings. The summed E-state index contributed by atoms with van der Waals surface area (Å²) in [7, 11) is -3.95. The summed E-state index contributed by atoms with van der Waals surface area (Å²) in [5, 5.41) is 8.44. The molecule has 0 saturated heterocycles. The molecule has 1 N–H and O–H groups in total. The van der Waals surface area contributed by atoms with E-state index in [0.29, 0.717) is 0 Å². The van der Waals surface area contributed by atoms with Crippen molar-refractivity contribution in [1.29, 1.82) is 0 Å². The van der Waals surface area contributed by atoms with Crippen LogP contribution in [0.3, 0.4) is 0 Å². The second-order valence-corrected chi connectivity index (χ2v) is 5.55. The molecule has 0 saturated carbocycles. The molecule has 0 radical (unpaired) electrons. The molecule has 0 unspecified atom stereocenters. The summed E-state index contributed by atoms with van der Waals surface area (Å²) in [5.41, 5.74) is 0. The van der Waals surface area contributed by atoms with Crippen LogP contribution >= 0.6 is 11.6 Å². The second-order valence-electron chi connectivity index (χ2n) is 3.04. The summed E-state index contributed by atoms with van der Waals surface area (Å²) >= 11 is 5.54. The first-order chi connectivity index (χ1) is 7.33. The van der Waals surface area contributed by atoms with Crippen LogP contribution in [0.15, 0.2) is 23.1 Å². The van der Waals surface area contributed by atoms with Gasteiger partial charge in [-0.1, -0.05) is 11.6 Å². The van der Waals surface area contributed by atoms with E-state index in [1.165, 1.54) is 6.07 Å². The van der Waals surface area contributed by atoms with Crippen LogP contribution in [0.25, 0.3) is 0 Å². The first kappa shape index (κ1) is 12.9. The Labute approximate surface area is 96.6 Å². The van der Waals surface area contributed by atoms with Crippen molar-refractivity contribution in [3.8, 4) is 0 Å². The predicted molar refractivity (Wildman–Crippen MR) is 55.7 cm³/mol. The maximum absolute atomic E-state index is 13.2. The van der Waals surface area contributed by atoms with Gasteiger partial charge in [0.05, 0.1) is 12.2 Å². The van der Waals surface area contributed by atoms with Crippen LogP contribution < -0.4 is 0 Å². The van der Waals surface area contributed by atoms with Gasteiger partial charge < -0.3 is 5.11 Å². The smallest absolute Gasteiger partial charge is 0.304 e. The lowest BCUT2D eigenvalue weighted by atomic mass is 10.3. The molecule has 0 aliphatic rings. The zero-order valence-electron chi connectivity index (χ0n) is 7.98. The van der Waals surface area contributed by atoms with Crippen LogP contribution in [0.1, 0.15) is 6.42 Å². The predicted octanol–water partition coefficient (Wildman–Crippen LogP) is 1.73. The molecule has 0 amide bonds. The van der Waals surface area contributed by atoms with E-state index in [-0.39, 0.29) is 5.02 Å². The maximum Gasteiger partial charge on any atom is 0.304 e. The Bertz CT molecular complexity index is 512. The molecule has 0 heterocycles. The van der Waals surface area contributed by atoms with Gasteiger partial charge in [0.25, 0.3) is 0 Å². The molecule has 0 aliphatic heterocycles. The Morgan fingerprint density at radius 1 is 1.44 bits per heavy atom. The molecule has 0 bridgehead atoms. The summed E-state index contributed by atoms with van der Waals surface area (Å²) in [6.45, 7) is 0. The average Bonchev–Trinajstić information content (AvgIpc) is 2.19. The molecule has 16 heavy (non-hydrogen) atoms. The van der Waals surface area contributed by atoms with Gasteiger partial charge in [-0.3, -0.25) is 4.79 Å². The Hall–Kier alpha value is -1.14. The van der Waals surface area contributed by atoms with Gasteiger partial charge in [0.2, 0.25) is 0 Å². The average molecular weight is 267 g/mol. The lowest BCUT2D eigenvalue weighted by Crippen LogP contribution is -2.12. The van der Waals surface area contributed by atoms with Crippen molar-refractivity contribution < 1.29 is 22.7 Å². The summed E-state index contributed by atoms with van der Waals surface area (Å²) in [6, 6.07) is 3.11.